The third-order valence-electron chi connectivity index (χ3n) is 3.09. The van der Waals surface area contributed by atoms with Crippen molar-refractivity contribution < 1.29 is 9.15 Å². The van der Waals surface area contributed by atoms with Crippen LogP contribution in [-0.4, -0.2) is 12.6 Å². The van der Waals surface area contributed by atoms with Crippen molar-refractivity contribution in [2.24, 2.45) is 0 Å². The average Bonchev–Trinajstić information content (AvgIpc) is 2.83. The normalized spacial score (nSPS) is 12.7. The van der Waals surface area contributed by atoms with Gasteiger partial charge in [-0.1, -0.05) is 25.1 Å². The summed E-state index contributed by atoms with van der Waals surface area (Å²) < 4.78 is 11.4. The van der Waals surface area contributed by atoms with Gasteiger partial charge in [0, 0.05) is 11.1 Å². The summed E-state index contributed by atoms with van der Waals surface area (Å²) >= 11 is 0. The highest BCUT2D eigenvalue weighted by Gasteiger charge is 2.19. The maximum Gasteiger partial charge on any atom is 0.124 e. The summed E-state index contributed by atoms with van der Waals surface area (Å²) in [6, 6.07) is 10.3. The Kier molecular flexibility index (Phi) is 4.85. The lowest BCUT2D eigenvalue weighted by molar-refractivity contribution is 0.238. The summed E-state index contributed by atoms with van der Waals surface area (Å²) in [6.45, 7) is 9.03. The van der Waals surface area contributed by atoms with E-state index in [1.807, 2.05) is 45.2 Å². The molecule has 1 aromatic carbocycles. The number of hydrogen-bond donors (Lipinski definition) is 1. The number of aryl methyl sites for hydroxylation is 1. The molecular formula is C17H23NO2. The van der Waals surface area contributed by atoms with Crippen LogP contribution in [-0.2, 0) is 0 Å². The van der Waals surface area contributed by atoms with Crippen molar-refractivity contribution in [2.75, 3.05) is 6.54 Å². The quantitative estimate of drug-likeness (QED) is 0.861. The fourth-order valence-electron chi connectivity index (χ4n) is 2.31. The topological polar surface area (TPSA) is 34.4 Å². The zero-order chi connectivity index (χ0) is 14.5. The third kappa shape index (κ3) is 3.42. The largest absolute Gasteiger partial charge is 0.491 e. The Hall–Kier alpha value is -1.74. The molecule has 0 bridgehead atoms. The SMILES string of the molecule is CCNC(c1coc(C)c1)c1ccccc1OC(C)C. The summed E-state index contributed by atoms with van der Waals surface area (Å²) in [4.78, 5) is 0. The number of para-hydroxylation sites is 1. The van der Waals surface area contributed by atoms with E-state index in [9.17, 15) is 0 Å². The van der Waals surface area contributed by atoms with Gasteiger partial charge in [0.05, 0.1) is 18.4 Å². The Morgan fingerprint density at radius 1 is 1.25 bits per heavy atom. The van der Waals surface area contributed by atoms with E-state index in [4.69, 9.17) is 9.15 Å². The van der Waals surface area contributed by atoms with Crippen LogP contribution in [0.1, 0.15) is 43.7 Å². The molecular weight excluding hydrogens is 250 g/mol. The van der Waals surface area contributed by atoms with Crippen molar-refractivity contribution in [1.29, 1.82) is 0 Å². The molecule has 0 aliphatic rings. The van der Waals surface area contributed by atoms with Gasteiger partial charge < -0.3 is 14.5 Å². The minimum absolute atomic E-state index is 0.0902. The van der Waals surface area contributed by atoms with Crippen LogP contribution in [0, 0.1) is 6.92 Å². The summed E-state index contributed by atoms with van der Waals surface area (Å²) in [5.74, 6) is 1.84. The van der Waals surface area contributed by atoms with Gasteiger partial charge in [-0.2, -0.15) is 0 Å². The maximum absolute atomic E-state index is 5.93. The molecule has 0 saturated carbocycles. The zero-order valence-electron chi connectivity index (χ0n) is 12.6. The summed E-state index contributed by atoms with van der Waals surface area (Å²) in [6.07, 6.45) is 1.97. The van der Waals surface area contributed by atoms with Gasteiger partial charge in [-0.05, 0) is 39.4 Å². The maximum atomic E-state index is 5.93. The van der Waals surface area contributed by atoms with Gasteiger partial charge in [-0.25, -0.2) is 0 Å². The number of nitrogens with one attached hydrogen (secondary N) is 1. The molecule has 2 aromatic rings. The monoisotopic (exact) mass is 273 g/mol. The molecule has 0 aliphatic carbocycles. The molecule has 1 heterocycles. The highest BCUT2D eigenvalue weighted by molar-refractivity contribution is 5.41. The number of furan rings is 1. The molecule has 0 amide bonds. The minimum atomic E-state index is 0.0902. The molecule has 1 aromatic heterocycles. The molecule has 1 N–H and O–H groups in total. The van der Waals surface area contributed by atoms with Crippen molar-refractivity contribution in [3.05, 3.63) is 53.5 Å². The summed E-state index contributed by atoms with van der Waals surface area (Å²) in [7, 11) is 0. The van der Waals surface area contributed by atoms with E-state index in [2.05, 4.69) is 24.4 Å². The molecule has 0 radical (unpaired) electrons. The highest BCUT2D eigenvalue weighted by atomic mass is 16.5. The Bertz CT molecular complexity index is 545. The number of rotatable bonds is 6. The standard InChI is InChI=1S/C17H23NO2/c1-5-18-17(14-10-13(4)19-11-14)15-8-6-7-9-16(15)20-12(2)3/h6-12,17-18H,5H2,1-4H3. The van der Waals surface area contributed by atoms with E-state index in [0.717, 1.165) is 29.2 Å². The van der Waals surface area contributed by atoms with Gasteiger partial charge in [0.25, 0.3) is 0 Å². The summed E-state index contributed by atoms with van der Waals surface area (Å²) in [5, 5.41) is 3.50. The van der Waals surface area contributed by atoms with Crippen LogP contribution < -0.4 is 10.1 Å². The summed E-state index contributed by atoms with van der Waals surface area (Å²) in [5.41, 5.74) is 2.27. The number of hydrogen-bond acceptors (Lipinski definition) is 3. The van der Waals surface area contributed by atoms with E-state index < -0.39 is 0 Å². The molecule has 20 heavy (non-hydrogen) atoms. The molecule has 2 rings (SSSR count). The predicted molar refractivity (Wildman–Crippen MR) is 81.2 cm³/mol. The fraction of sp³-hybridized carbons (Fsp3) is 0.412. The van der Waals surface area contributed by atoms with Crippen LogP contribution in [0.25, 0.3) is 0 Å². The lowest BCUT2D eigenvalue weighted by Gasteiger charge is -2.21. The van der Waals surface area contributed by atoms with Crippen molar-refractivity contribution in [1.82, 2.24) is 5.32 Å². The van der Waals surface area contributed by atoms with E-state index in [1.54, 1.807) is 0 Å². The number of ether oxygens (including phenoxy) is 1. The molecule has 3 nitrogen and oxygen atoms in total. The Morgan fingerprint density at radius 3 is 2.60 bits per heavy atom. The molecule has 0 aliphatic heterocycles. The second-order valence-corrected chi connectivity index (χ2v) is 5.19. The Labute approximate surface area is 121 Å². The minimum Gasteiger partial charge on any atom is -0.491 e. The van der Waals surface area contributed by atoms with Gasteiger partial charge in [-0.15, -0.1) is 0 Å². The van der Waals surface area contributed by atoms with E-state index in [1.165, 1.54) is 0 Å². The molecule has 1 atom stereocenters. The van der Waals surface area contributed by atoms with Crippen LogP contribution >= 0.6 is 0 Å². The molecule has 108 valence electrons. The van der Waals surface area contributed by atoms with E-state index in [0.29, 0.717) is 0 Å². The van der Waals surface area contributed by atoms with Gasteiger partial charge >= 0.3 is 0 Å². The fourth-order valence-corrected chi connectivity index (χ4v) is 2.31. The van der Waals surface area contributed by atoms with Crippen molar-refractivity contribution >= 4 is 0 Å². The lowest BCUT2D eigenvalue weighted by Crippen LogP contribution is -2.22. The number of benzene rings is 1. The van der Waals surface area contributed by atoms with Gasteiger partial charge in [0.15, 0.2) is 0 Å². The van der Waals surface area contributed by atoms with Crippen molar-refractivity contribution in [3.8, 4) is 5.75 Å². The average molecular weight is 273 g/mol. The van der Waals surface area contributed by atoms with E-state index >= 15 is 0 Å². The van der Waals surface area contributed by atoms with E-state index in [-0.39, 0.29) is 12.1 Å². The van der Waals surface area contributed by atoms with Crippen LogP contribution in [0.3, 0.4) is 0 Å². The first kappa shape index (κ1) is 14.7. The smallest absolute Gasteiger partial charge is 0.124 e. The highest BCUT2D eigenvalue weighted by Crippen LogP contribution is 2.31. The van der Waals surface area contributed by atoms with Crippen molar-refractivity contribution in [3.63, 3.8) is 0 Å². The van der Waals surface area contributed by atoms with Crippen molar-refractivity contribution in [2.45, 2.75) is 39.8 Å². The first-order chi connectivity index (χ1) is 9.61. The van der Waals surface area contributed by atoms with Gasteiger partial charge in [0.2, 0.25) is 0 Å². The Morgan fingerprint density at radius 2 is 2.00 bits per heavy atom. The first-order valence-electron chi connectivity index (χ1n) is 7.15. The second kappa shape index (κ2) is 6.62. The van der Waals surface area contributed by atoms with Gasteiger partial charge in [-0.3, -0.25) is 0 Å². The molecule has 0 spiro atoms. The predicted octanol–water partition coefficient (Wildman–Crippen LogP) is 4.07. The van der Waals surface area contributed by atoms with Crippen LogP contribution in [0.5, 0.6) is 5.75 Å². The van der Waals surface area contributed by atoms with Gasteiger partial charge in [0.1, 0.15) is 11.5 Å². The Balaban J connectivity index is 2.38. The van der Waals surface area contributed by atoms with Crippen LogP contribution in [0.15, 0.2) is 41.0 Å². The van der Waals surface area contributed by atoms with Crippen LogP contribution in [0.4, 0.5) is 0 Å². The second-order valence-electron chi connectivity index (χ2n) is 5.19. The zero-order valence-corrected chi connectivity index (χ0v) is 12.6. The molecule has 0 saturated heterocycles. The molecule has 1 unspecified atom stereocenters. The van der Waals surface area contributed by atoms with Crippen LogP contribution in [0.2, 0.25) is 0 Å². The molecule has 0 fully saturated rings. The third-order valence-corrected chi connectivity index (χ3v) is 3.09. The first-order valence-corrected chi connectivity index (χ1v) is 7.15. The molecule has 3 heteroatoms. The lowest BCUT2D eigenvalue weighted by atomic mass is 10.00.